The maximum absolute atomic E-state index is 13.1. The first-order valence-corrected chi connectivity index (χ1v) is 6.54. The molecule has 88 valence electrons. The SMILES string of the molecule is Fc1ccc(C(Cl)c2ccccc2Cl)cc1Br. The Bertz CT molecular complexity index is 543. The van der Waals surface area contributed by atoms with Crippen molar-refractivity contribution in [3.63, 3.8) is 0 Å². The van der Waals surface area contributed by atoms with Gasteiger partial charge in [-0.15, -0.1) is 11.6 Å². The first-order valence-electron chi connectivity index (χ1n) is 4.93. The summed E-state index contributed by atoms with van der Waals surface area (Å²) >= 11 is 15.5. The van der Waals surface area contributed by atoms with Gasteiger partial charge in [0, 0.05) is 5.02 Å². The molecule has 0 spiro atoms. The van der Waals surface area contributed by atoms with Crippen molar-refractivity contribution in [3.05, 3.63) is 68.9 Å². The number of rotatable bonds is 2. The molecule has 2 aromatic carbocycles. The van der Waals surface area contributed by atoms with Crippen LogP contribution in [-0.2, 0) is 0 Å². The van der Waals surface area contributed by atoms with Crippen LogP contribution < -0.4 is 0 Å². The van der Waals surface area contributed by atoms with Crippen molar-refractivity contribution in [2.45, 2.75) is 5.38 Å². The maximum atomic E-state index is 13.1. The van der Waals surface area contributed by atoms with E-state index in [0.29, 0.717) is 9.50 Å². The molecule has 4 heteroatoms. The van der Waals surface area contributed by atoms with Crippen LogP contribution in [-0.4, -0.2) is 0 Å². The van der Waals surface area contributed by atoms with Gasteiger partial charge in [-0.2, -0.15) is 0 Å². The van der Waals surface area contributed by atoms with Crippen LogP contribution in [0.3, 0.4) is 0 Å². The molecular formula is C13H8BrCl2F. The van der Waals surface area contributed by atoms with Gasteiger partial charge in [-0.1, -0.05) is 35.9 Å². The quantitative estimate of drug-likeness (QED) is 0.630. The summed E-state index contributed by atoms with van der Waals surface area (Å²) in [5.41, 5.74) is 1.61. The molecule has 17 heavy (non-hydrogen) atoms. The highest BCUT2D eigenvalue weighted by Gasteiger charge is 2.14. The second-order valence-corrected chi connectivity index (χ2v) is 5.26. The third kappa shape index (κ3) is 2.82. The lowest BCUT2D eigenvalue weighted by molar-refractivity contribution is 0.620. The number of hydrogen-bond acceptors (Lipinski definition) is 0. The van der Waals surface area contributed by atoms with E-state index >= 15 is 0 Å². The van der Waals surface area contributed by atoms with Gasteiger partial charge in [-0.05, 0) is 45.3 Å². The highest BCUT2D eigenvalue weighted by molar-refractivity contribution is 9.10. The minimum Gasteiger partial charge on any atom is -0.206 e. The number of alkyl halides is 1. The molecule has 0 radical (unpaired) electrons. The van der Waals surface area contributed by atoms with Gasteiger partial charge in [-0.3, -0.25) is 0 Å². The van der Waals surface area contributed by atoms with E-state index in [1.165, 1.54) is 6.07 Å². The molecule has 0 heterocycles. The Kier molecular flexibility index (Phi) is 4.08. The molecule has 0 aliphatic carbocycles. The Morgan fingerprint density at radius 2 is 1.82 bits per heavy atom. The number of hydrogen-bond donors (Lipinski definition) is 0. The van der Waals surface area contributed by atoms with Gasteiger partial charge >= 0.3 is 0 Å². The van der Waals surface area contributed by atoms with Crippen molar-refractivity contribution < 1.29 is 4.39 Å². The van der Waals surface area contributed by atoms with E-state index in [1.54, 1.807) is 18.2 Å². The molecule has 0 amide bonds. The topological polar surface area (TPSA) is 0 Å². The van der Waals surface area contributed by atoms with Crippen molar-refractivity contribution in [1.82, 2.24) is 0 Å². The lowest BCUT2D eigenvalue weighted by atomic mass is 10.0. The highest BCUT2D eigenvalue weighted by Crippen LogP contribution is 2.34. The van der Waals surface area contributed by atoms with Crippen molar-refractivity contribution in [2.75, 3.05) is 0 Å². The minimum atomic E-state index is -0.388. The average Bonchev–Trinajstić information content (AvgIpc) is 2.32. The summed E-state index contributed by atoms with van der Waals surface area (Å²) in [6, 6.07) is 12.1. The van der Waals surface area contributed by atoms with Crippen LogP contribution in [0.4, 0.5) is 4.39 Å². The van der Waals surface area contributed by atoms with E-state index in [0.717, 1.165) is 11.1 Å². The first-order chi connectivity index (χ1) is 8.09. The molecule has 0 fully saturated rings. The molecule has 2 rings (SSSR count). The summed E-state index contributed by atoms with van der Waals surface area (Å²) in [7, 11) is 0. The molecule has 2 aromatic rings. The zero-order chi connectivity index (χ0) is 12.4. The number of benzene rings is 2. The first kappa shape index (κ1) is 12.9. The predicted molar refractivity (Wildman–Crippen MR) is 73.2 cm³/mol. The zero-order valence-electron chi connectivity index (χ0n) is 8.63. The van der Waals surface area contributed by atoms with Crippen LogP contribution >= 0.6 is 39.1 Å². The Labute approximate surface area is 117 Å². The molecule has 0 saturated heterocycles. The molecular weight excluding hydrogens is 326 g/mol. The van der Waals surface area contributed by atoms with Crippen LogP contribution in [0.25, 0.3) is 0 Å². The summed E-state index contributed by atoms with van der Waals surface area (Å²) in [5, 5.41) is 0.216. The van der Waals surface area contributed by atoms with Crippen molar-refractivity contribution >= 4 is 39.1 Å². The highest BCUT2D eigenvalue weighted by atomic mass is 79.9. The van der Waals surface area contributed by atoms with E-state index in [1.807, 2.05) is 18.2 Å². The fourth-order valence-corrected chi connectivity index (χ4v) is 2.55. The smallest absolute Gasteiger partial charge is 0.137 e. The van der Waals surface area contributed by atoms with Gasteiger partial charge in [0.15, 0.2) is 0 Å². The second kappa shape index (κ2) is 5.38. The fraction of sp³-hybridized carbons (Fsp3) is 0.0769. The molecule has 1 unspecified atom stereocenters. The third-order valence-electron chi connectivity index (χ3n) is 2.41. The van der Waals surface area contributed by atoms with Crippen LogP contribution in [0.15, 0.2) is 46.9 Å². The molecule has 0 aliphatic heterocycles. The van der Waals surface area contributed by atoms with Gasteiger partial charge in [0.05, 0.1) is 9.85 Å². The van der Waals surface area contributed by atoms with Gasteiger partial charge in [-0.25, -0.2) is 4.39 Å². The lowest BCUT2D eigenvalue weighted by Gasteiger charge is -2.12. The molecule has 1 atom stereocenters. The van der Waals surface area contributed by atoms with Crippen molar-refractivity contribution in [3.8, 4) is 0 Å². The molecule has 0 N–H and O–H groups in total. The third-order valence-corrected chi connectivity index (χ3v) is 3.85. The summed E-state index contributed by atoms with van der Waals surface area (Å²) in [4.78, 5) is 0. The minimum absolute atomic E-state index is 0.309. The Hall–Kier alpha value is -0.570. The predicted octanol–water partition coefficient (Wildman–Crippen LogP) is 5.57. The van der Waals surface area contributed by atoms with Crippen LogP contribution in [0.5, 0.6) is 0 Å². The van der Waals surface area contributed by atoms with E-state index in [4.69, 9.17) is 23.2 Å². The van der Waals surface area contributed by atoms with E-state index in [2.05, 4.69) is 15.9 Å². The fourth-order valence-electron chi connectivity index (χ4n) is 1.53. The zero-order valence-corrected chi connectivity index (χ0v) is 11.7. The van der Waals surface area contributed by atoms with Gasteiger partial charge < -0.3 is 0 Å². The van der Waals surface area contributed by atoms with E-state index < -0.39 is 0 Å². The molecule has 0 nitrogen and oxygen atoms in total. The van der Waals surface area contributed by atoms with Crippen LogP contribution in [0.1, 0.15) is 16.5 Å². The Morgan fingerprint density at radius 1 is 1.12 bits per heavy atom. The lowest BCUT2D eigenvalue weighted by Crippen LogP contribution is -1.95. The molecule has 0 aliphatic rings. The Morgan fingerprint density at radius 3 is 2.47 bits per heavy atom. The molecule has 0 bridgehead atoms. The van der Waals surface area contributed by atoms with Gasteiger partial charge in [0.25, 0.3) is 0 Å². The monoisotopic (exact) mass is 332 g/mol. The van der Waals surface area contributed by atoms with E-state index in [-0.39, 0.29) is 11.2 Å². The van der Waals surface area contributed by atoms with Crippen LogP contribution in [0, 0.1) is 5.82 Å². The van der Waals surface area contributed by atoms with Gasteiger partial charge in [0.2, 0.25) is 0 Å². The summed E-state index contributed by atoms with van der Waals surface area (Å²) in [6.45, 7) is 0. The normalized spacial score (nSPS) is 12.5. The summed E-state index contributed by atoms with van der Waals surface area (Å²) in [5.74, 6) is -0.309. The molecule has 0 aromatic heterocycles. The van der Waals surface area contributed by atoms with Gasteiger partial charge in [0.1, 0.15) is 5.82 Å². The van der Waals surface area contributed by atoms with Crippen molar-refractivity contribution in [1.29, 1.82) is 0 Å². The standard InChI is InChI=1S/C13H8BrCl2F/c14-10-7-8(5-6-12(10)17)13(16)9-3-1-2-4-11(9)15/h1-7,13H. The number of halogens is 4. The average molecular weight is 334 g/mol. The summed E-state index contributed by atoms with van der Waals surface area (Å²) < 4.78 is 13.5. The van der Waals surface area contributed by atoms with E-state index in [9.17, 15) is 4.39 Å². The van der Waals surface area contributed by atoms with Crippen molar-refractivity contribution in [2.24, 2.45) is 0 Å². The Balaban J connectivity index is 2.40. The largest absolute Gasteiger partial charge is 0.206 e. The van der Waals surface area contributed by atoms with Crippen LogP contribution in [0.2, 0.25) is 5.02 Å². The summed E-state index contributed by atoms with van der Waals surface area (Å²) in [6.07, 6.45) is 0. The maximum Gasteiger partial charge on any atom is 0.137 e. The second-order valence-electron chi connectivity index (χ2n) is 3.56. The molecule has 0 saturated carbocycles.